The molecule has 0 spiro atoms. The van der Waals surface area contributed by atoms with E-state index in [0.29, 0.717) is 11.5 Å². The lowest BCUT2D eigenvalue weighted by Gasteiger charge is -1.97. The van der Waals surface area contributed by atoms with Gasteiger partial charge in [0.05, 0.1) is 11.8 Å². The summed E-state index contributed by atoms with van der Waals surface area (Å²) in [5.74, 6) is 0.804. The molecule has 1 N–H and O–H groups in total. The monoisotopic (exact) mass is 248 g/mol. The van der Waals surface area contributed by atoms with Gasteiger partial charge in [0.15, 0.2) is 0 Å². The van der Waals surface area contributed by atoms with Gasteiger partial charge in [0.2, 0.25) is 5.95 Å². The van der Waals surface area contributed by atoms with Crippen LogP contribution in [-0.4, -0.2) is 30.5 Å². The van der Waals surface area contributed by atoms with E-state index in [2.05, 4.69) is 27.4 Å². The van der Waals surface area contributed by atoms with Crippen molar-refractivity contribution in [3.05, 3.63) is 23.8 Å². The average Bonchev–Trinajstić information content (AvgIpc) is 2.88. The molecule has 2 aromatic heterocycles. The Morgan fingerprint density at radius 1 is 1.50 bits per heavy atom. The van der Waals surface area contributed by atoms with Crippen molar-refractivity contribution in [2.24, 2.45) is 7.05 Å². The van der Waals surface area contributed by atoms with Crippen molar-refractivity contribution in [2.75, 3.05) is 5.32 Å². The molecule has 0 radical (unpaired) electrons. The summed E-state index contributed by atoms with van der Waals surface area (Å²) in [5.41, 5.74) is 0.508. The maximum absolute atomic E-state index is 11.9. The van der Waals surface area contributed by atoms with Crippen molar-refractivity contribution in [2.45, 2.75) is 26.8 Å². The summed E-state index contributed by atoms with van der Waals surface area (Å²) >= 11 is 0. The molecule has 0 aliphatic rings. The largest absolute Gasteiger partial charge is 0.289 e. The van der Waals surface area contributed by atoms with Crippen LogP contribution in [0.4, 0.5) is 5.95 Å². The Labute approximate surface area is 105 Å². The van der Waals surface area contributed by atoms with Gasteiger partial charge in [0, 0.05) is 19.8 Å². The van der Waals surface area contributed by atoms with E-state index in [1.54, 1.807) is 28.8 Å². The molecule has 0 bridgehead atoms. The highest BCUT2D eigenvalue weighted by Gasteiger charge is 2.11. The second kappa shape index (κ2) is 4.99. The normalized spacial score (nSPS) is 10.6. The highest BCUT2D eigenvalue weighted by Crippen LogP contribution is 2.05. The quantitative estimate of drug-likeness (QED) is 0.875. The molecule has 0 unspecified atom stereocenters. The van der Waals surface area contributed by atoms with Gasteiger partial charge in [-0.1, -0.05) is 6.92 Å². The van der Waals surface area contributed by atoms with Gasteiger partial charge >= 0.3 is 0 Å². The van der Waals surface area contributed by atoms with Crippen LogP contribution in [0, 0.1) is 6.92 Å². The van der Waals surface area contributed by atoms with E-state index < -0.39 is 0 Å². The Hall–Kier alpha value is -2.18. The van der Waals surface area contributed by atoms with Crippen LogP contribution in [0.1, 0.15) is 29.5 Å². The lowest BCUT2D eigenvalue weighted by Crippen LogP contribution is -2.12. The Kier molecular flexibility index (Phi) is 3.40. The Balaban J connectivity index is 2.06. The molecule has 2 rings (SSSR count). The average molecular weight is 248 g/mol. The smallest absolute Gasteiger partial charge is 0.261 e. The van der Waals surface area contributed by atoms with Crippen molar-refractivity contribution in [1.29, 1.82) is 0 Å². The molecular weight excluding hydrogens is 232 g/mol. The zero-order chi connectivity index (χ0) is 13.1. The maximum atomic E-state index is 11.9. The van der Waals surface area contributed by atoms with Crippen molar-refractivity contribution >= 4 is 11.9 Å². The minimum Gasteiger partial charge on any atom is -0.289 e. The predicted molar refractivity (Wildman–Crippen MR) is 66.2 cm³/mol. The van der Waals surface area contributed by atoms with Gasteiger partial charge in [-0.05, 0) is 13.3 Å². The lowest BCUT2D eigenvalue weighted by molar-refractivity contribution is 0.102. The molecule has 0 saturated carbocycles. The van der Waals surface area contributed by atoms with Gasteiger partial charge < -0.3 is 0 Å². The predicted octanol–water partition coefficient (Wildman–Crippen LogP) is 0.982. The molecule has 0 saturated heterocycles. The van der Waals surface area contributed by atoms with E-state index >= 15 is 0 Å². The van der Waals surface area contributed by atoms with E-state index in [1.807, 2.05) is 6.92 Å². The van der Waals surface area contributed by atoms with Crippen LogP contribution in [0.25, 0.3) is 0 Å². The lowest BCUT2D eigenvalue weighted by atomic mass is 10.3. The van der Waals surface area contributed by atoms with Crippen molar-refractivity contribution < 1.29 is 4.79 Å². The summed E-state index contributed by atoms with van der Waals surface area (Å²) in [6.07, 6.45) is 4.24. The summed E-state index contributed by atoms with van der Waals surface area (Å²) < 4.78 is 3.35. The number of aromatic nitrogens is 5. The Morgan fingerprint density at radius 3 is 2.89 bits per heavy atom. The Morgan fingerprint density at radius 2 is 2.28 bits per heavy atom. The molecule has 96 valence electrons. The van der Waals surface area contributed by atoms with Crippen LogP contribution >= 0.6 is 0 Å². The van der Waals surface area contributed by atoms with Gasteiger partial charge in [-0.3, -0.25) is 19.5 Å². The van der Waals surface area contributed by atoms with E-state index in [9.17, 15) is 4.79 Å². The van der Waals surface area contributed by atoms with Gasteiger partial charge in [0.1, 0.15) is 5.82 Å². The fraction of sp³-hybridized carbons (Fsp3) is 0.455. The number of carbonyl (C=O) groups excluding carboxylic acids is 1. The molecule has 0 aromatic carbocycles. The van der Waals surface area contributed by atoms with Crippen LogP contribution in [0.15, 0.2) is 12.4 Å². The third-order valence-electron chi connectivity index (χ3n) is 2.55. The van der Waals surface area contributed by atoms with Crippen molar-refractivity contribution in [1.82, 2.24) is 24.5 Å². The molecule has 0 fully saturated rings. The number of anilines is 1. The molecule has 7 nitrogen and oxygen atoms in total. The standard InChI is InChI=1S/C11H16N6O/c1-4-5-17-7-9(6-12-17)10(18)14-11-13-8(2)16(3)15-11/h6-7H,4-5H2,1-3H3,(H,14,15,18). The first-order valence-electron chi connectivity index (χ1n) is 5.81. The molecule has 18 heavy (non-hydrogen) atoms. The molecular formula is C11H16N6O. The SMILES string of the molecule is CCCn1cc(C(=O)Nc2nc(C)n(C)n2)cn1. The first kappa shape index (κ1) is 12.3. The second-order valence-corrected chi connectivity index (χ2v) is 4.05. The number of rotatable bonds is 4. The maximum Gasteiger partial charge on any atom is 0.261 e. The number of hydrogen-bond donors (Lipinski definition) is 1. The number of amides is 1. The first-order valence-corrected chi connectivity index (χ1v) is 5.81. The summed E-state index contributed by atoms with van der Waals surface area (Å²) in [6, 6.07) is 0. The first-order chi connectivity index (χ1) is 8.60. The highest BCUT2D eigenvalue weighted by molar-refractivity contribution is 6.02. The minimum absolute atomic E-state index is 0.247. The van der Waals surface area contributed by atoms with E-state index in [1.165, 1.54) is 0 Å². The zero-order valence-corrected chi connectivity index (χ0v) is 10.7. The molecule has 0 aliphatic heterocycles. The minimum atomic E-state index is -0.247. The molecule has 2 aromatic rings. The van der Waals surface area contributed by atoms with Crippen LogP contribution < -0.4 is 5.32 Å². The van der Waals surface area contributed by atoms with Gasteiger partial charge in [-0.25, -0.2) is 0 Å². The number of nitrogens with zero attached hydrogens (tertiary/aromatic N) is 5. The molecule has 0 atom stereocenters. The van der Waals surface area contributed by atoms with Crippen LogP contribution in [0.3, 0.4) is 0 Å². The van der Waals surface area contributed by atoms with Crippen LogP contribution in [0.2, 0.25) is 0 Å². The van der Waals surface area contributed by atoms with Crippen molar-refractivity contribution in [3.8, 4) is 0 Å². The van der Waals surface area contributed by atoms with E-state index in [4.69, 9.17) is 0 Å². The fourth-order valence-electron chi connectivity index (χ4n) is 1.52. The molecule has 0 aliphatic carbocycles. The second-order valence-electron chi connectivity index (χ2n) is 4.05. The van der Waals surface area contributed by atoms with Crippen molar-refractivity contribution in [3.63, 3.8) is 0 Å². The Bertz CT molecular complexity index is 536. The number of hydrogen-bond acceptors (Lipinski definition) is 4. The van der Waals surface area contributed by atoms with E-state index in [-0.39, 0.29) is 5.91 Å². The molecule has 1 amide bonds. The topological polar surface area (TPSA) is 77.6 Å². The number of carbonyl (C=O) groups is 1. The summed E-state index contributed by atoms with van der Waals surface area (Å²) in [6.45, 7) is 4.68. The third-order valence-corrected chi connectivity index (χ3v) is 2.55. The third kappa shape index (κ3) is 2.55. The highest BCUT2D eigenvalue weighted by atomic mass is 16.1. The summed E-state index contributed by atoms with van der Waals surface area (Å²) in [7, 11) is 1.78. The summed E-state index contributed by atoms with van der Waals surface area (Å²) in [5, 5.41) is 10.8. The number of nitrogens with one attached hydrogen (secondary N) is 1. The van der Waals surface area contributed by atoms with Gasteiger partial charge in [-0.2, -0.15) is 10.1 Å². The molecule has 7 heteroatoms. The van der Waals surface area contributed by atoms with Gasteiger partial charge in [0.25, 0.3) is 5.91 Å². The molecule has 2 heterocycles. The van der Waals surface area contributed by atoms with E-state index in [0.717, 1.165) is 18.8 Å². The van der Waals surface area contributed by atoms with Crippen LogP contribution in [0.5, 0.6) is 0 Å². The van der Waals surface area contributed by atoms with Crippen LogP contribution in [-0.2, 0) is 13.6 Å². The number of aryl methyl sites for hydroxylation is 3. The zero-order valence-electron chi connectivity index (χ0n) is 10.7. The fourth-order valence-corrected chi connectivity index (χ4v) is 1.52. The van der Waals surface area contributed by atoms with Gasteiger partial charge in [-0.15, -0.1) is 5.10 Å². The summed E-state index contributed by atoms with van der Waals surface area (Å²) in [4.78, 5) is 16.0.